The van der Waals surface area contributed by atoms with Gasteiger partial charge in [0.25, 0.3) is 0 Å². The molecule has 0 amide bonds. The Balaban J connectivity index is 0.000000155. The van der Waals surface area contributed by atoms with Gasteiger partial charge in [0.1, 0.15) is 0 Å². The molecule has 0 spiro atoms. The molecule has 0 saturated carbocycles. The molecular formula is C18H16O. The van der Waals surface area contributed by atoms with Gasteiger partial charge in [-0.2, -0.15) is 0 Å². The molecule has 0 aromatic heterocycles. The van der Waals surface area contributed by atoms with E-state index < -0.39 is 0 Å². The lowest BCUT2D eigenvalue weighted by atomic mass is 10.1. The maximum Gasteiger partial charge on any atom is 0.0836 e. The van der Waals surface area contributed by atoms with Crippen molar-refractivity contribution in [2.24, 2.45) is 0 Å². The zero-order chi connectivity index (χ0) is 13.1. The van der Waals surface area contributed by atoms with Gasteiger partial charge in [-0.15, -0.1) is 0 Å². The van der Waals surface area contributed by atoms with E-state index in [0.717, 1.165) is 12.0 Å². The zero-order valence-electron chi connectivity index (χ0n) is 10.7. The van der Waals surface area contributed by atoms with Gasteiger partial charge in [-0.1, -0.05) is 72.8 Å². The second-order valence-electron chi connectivity index (χ2n) is 4.74. The molecule has 1 atom stereocenters. The van der Waals surface area contributed by atoms with Crippen LogP contribution in [-0.2, 0) is 6.42 Å². The molecule has 3 aromatic rings. The SMILES string of the molecule is OC1Cc2cccc3cccc1c23.c1ccccc1. The van der Waals surface area contributed by atoms with Gasteiger partial charge in [0.2, 0.25) is 0 Å². The van der Waals surface area contributed by atoms with Crippen LogP contribution >= 0.6 is 0 Å². The van der Waals surface area contributed by atoms with Gasteiger partial charge >= 0.3 is 0 Å². The van der Waals surface area contributed by atoms with Crippen molar-refractivity contribution in [3.8, 4) is 0 Å². The first kappa shape index (κ1) is 11.9. The largest absolute Gasteiger partial charge is 0.388 e. The van der Waals surface area contributed by atoms with Crippen molar-refractivity contribution in [1.29, 1.82) is 0 Å². The van der Waals surface area contributed by atoms with Crippen LogP contribution in [0.2, 0.25) is 0 Å². The molecule has 0 radical (unpaired) electrons. The topological polar surface area (TPSA) is 20.2 Å². The van der Waals surface area contributed by atoms with Crippen molar-refractivity contribution in [2.75, 3.05) is 0 Å². The van der Waals surface area contributed by atoms with Crippen LogP contribution in [-0.4, -0.2) is 5.11 Å². The summed E-state index contributed by atoms with van der Waals surface area (Å²) in [7, 11) is 0. The number of benzene rings is 3. The predicted molar refractivity (Wildman–Crippen MR) is 79.1 cm³/mol. The van der Waals surface area contributed by atoms with Crippen LogP contribution in [0.1, 0.15) is 17.2 Å². The van der Waals surface area contributed by atoms with Gasteiger partial charge in [0.05, 0.1) is 6.10 Å². The molecule has 1 nitrogen and oxygen atoms in total. The molecule has 1 aliphatic carbocycles. The lowest BCUT2D eigenvalue weighted by Crippen LogP contribution is -1.91. The smallest absolute Gasteiger partial charge is 0.0836 e. The number of rotatable bonds is 0. The quantitative estimate of drug-likeness (QED) is 0.634. The maximum atomic E-state index is 9.77. The molecule has 4 rings (SSSR count). The first-order valence-electron chi connectivity index (χ1n) is 6.55. The molecule has 19 heavy (non-hydrogen) atoms. The summed E-state index contributed by atoms with van der Waals surface area (Å²) in [5, 5.41) is 12.3. The van der Waals surface area contributed by atoms with E-state index in [1.54, 1.807) is 0 Å². The second kappa shape index (κ2) is 5.25. The van der Waals surface area contributed by atoms with Crippen LogP contribution in [0.4, 0.5) is 0 Å². The fourth-order valence-electron chi connectivity index (χ4n) is 2.60. The van der Waals surface area contributed by atoms with E-state index >= 15 is 0 Å². The first-order chi connectivity index (χ1) is 9.36. The highest BCUT2D eigenvalue weighted by atomic mass is 16.3. The Hall–Kier alpha value is -2.12. The van der Waals surface area contributed by atoms with E-state index in [4.69, 9.17) is 0 Å². The highest BCUT2D eigenvalue weighted by molar-refractivity contribution is 5.91. The number of hydrogen-bond donors (Lipinski definition) is 1. The van der Waals surface area contributed by atoms with Crippen molar-refractivity contribution in [1.82, 2.24) is 0 Å². The Morgan fingerprint density at radius 1 is 0.737 bits per heavy atom. The van der Waals surface area contributed by atoms with Crippen LogP contribution in [0.5, 0.6) is 0 Å². The molecule has 94 valence electrons. The molecule has 0 bridgehead atoms. The first-order valence-corrected chi connectivity index (χ1v) is 6.55. The standard InChI is InChI=1S/C12H10O.C6H6/c13-11-7-9-5-1-3-8-4-2-6-10(11)12(8)9;1-2-4-6-5-3-1/h1-6,11,13H,7H2;1-6H. The average Bonchev–Trinajstić information content (AvgIpc) is 2.81. The summed E-state index contributed by atoms with van der Waals surface area (Å²) in [6.07, 6.45) is 0.484. The fourth-order valence-corrected chi connectivity index (χ4v) is 2.60. The molecule has 1 aliphatic rings. The number of hydrogen-bond acceptors (Lipinski definition) is 1. The van der Waals surface area contributed by atoms with E-state index in [9.17, 15) is 5.11 Å². The molecule has 0 saturated heterocycles. The van der Waals surface area contributed by atoms with E-state index in [1.165, 1.54) is 16.3 Å². The van der Waals surface area contributed by atoms with E-state index in [1.807, 2.05) is 48.5 Å². The maximum absolute atomic E-state index is 9.77. The third-order valence-corrected chi connectivity index (χ3v) is 3.46. The number of aliphatic hydroxyl groups excluding tert-OH is 1. The summed E-state index contributed by atoms with van der Waals surface area (Å²) in [6, 6.07) is 24.4. The van der Waals surface area contributed by atoms with Crippen LogP contribution in [0.25, 0.3) is 10.8 Å². The van der Waals surface area contributed by atoms with E-state index in [2.05, 4.69) is 24.3 Å². The summed E-state index contributed by atoms with van der Waals surface area (Å²) in [4.78, 5) is 0. The normalized spacial score (nSPS) is 15.9. The van der Waals surface area contributed by atoms with Crippen molar-refractivity contribution >= 4 is 10.8 Å². The summed E-state index contributed by atoms with van der Waals surface area (Å²) in [5.74, 6) is 0. The molecule has 1 heteroatoms. The summed E-state index contributed by atoms with van der Waals surface area (Å²) >= 11 is 0. The van der Waals surface area contributed by atoms with Gasteiger partial charge in [-0.05, 0) is 21.9 Å². The van der Waals surface area contributed by atoms with Crippen molar-refractivity contribution in [2.45, 2.75) is 12.5 Å². The minimum absolute atomic E-state index is 0.291. The van der Waals surface area contributed by atoms with Crippen LogP contribution in [0, 0.1) is 0 Å². The summed E-state index contributed by atoms with van der Waals surface area (Å²) in [6.45, 7) is 0. The van der Waals surface area contributed by atoms with Gasteiger partial charge in [-0.25, -0.2) is 0 Å². The van der Waals surface area contributed by atoms with Crippen molar-refractivity contribution < 1.29 is 5.11 Å². The average molecular weight is 248 g/mol. The molecule has 1 N–H and O–H groups in total. The molecule has 0 aliphatic heterocycles. The Kier molecular flexibility index (Phi) is 3.30. The molecule has 0 heterocycles. The van der Waals surface area contributed by atoms with Crippen molar-refractivity contribution in [3.63, 3.8) is 0 Å². The van der Waals surface area contributed by atoms with Crippen LogP contribution in [0.3, 0.4) is 0 Å². The Morgan fingerprint density at radius 3 is 1.95 bits per heavy atom. The zero-order valence-corrected chi connectivity index (χ0v) is 10.7. The highest BCUT2D eigenvalue weighted by Gasteiger charge is 2.21. The lowest BCUT2D eigenvalue weighted by Gasteiger charge is -2.02. The summed E-state index contributed by atoms with van der Waals surface area (Å²) < 4.78 is 0. The Bertz CT molecular complexity index is 642. The van der Waals surface area contributed by atoms with Gasteiger partial charge < -0.3 is 5.11 Å². The highest BCUT2D eigenvalue weighted by Crippen LogP contribution is 2.36. The minimum Gasteiger partial charge on any atom is -0.388 e. The van der Waals surface area contributed by atoms with Gasteiger partial charge in [0.15, 0.2) is 0 Å². The fraction of sp³-hybridized carbons (Fsp3) is 0.111. The molecule has 3 aromatic carbocycles. The van der Waals surface area contributed by atoms with Gasteiger partial charge in [-0.3, -0.25) is 0 Å². The minimum atomic E-state index is -0.291. The van der Waals surface area contributed by atoms with Crippen LogP contribution < -0.4 is 0 Å². The Labute approximate surface area is 113 Å². The van der Waals surface area contributed by atoms with Crippen molar-refractivity contribution in [3.05, 3.63) is 83.9 Å². The second-order valence-corrected chi connectivity index (χ2v) is 4.74. The Morgan fingerprint density at radius 2 is 1.32 bits per heavy atom. The monoisotopic (exact) mass is 248 g/mol. The third-order valence-electron chi connectivity index (χ3n) is 3.46. The van der Waals surface area contributed by atoms with E-state index in [-0.39, 0.29) is 6.10 Å². The molecular weight excluding hydrogens is 232 g/mol. The lowest BCUT2D eigenvalue weighted by molar-refractivity contribution is 0.185. The molecule has 1 unspecified atom stereocenters. The molecule has 0 fully saturated rings. The number of aliphatic hydroxyl groups is 1. The van der Waals surface area contributed by atoms with E-state index in [0.29, 0.717) is 0 Å². The van der Waals surface area contributed by atoms with Crippen LogP contribution in [0.15, 0.2) is 72.8 Å². The van der Waals surface area contributed by atoms with Gasteiger partial charge in [0, 0.05) is 6.42 Å². The summed E-state index contributed by atoms with van der Waals surface area (Å²) in [5.41, 5.74) is 2.37. The predicted octanol–water partition coefficient (Wildman–Crippen LogP) is 4.12. The third kappa shape index (κ3) is 2.38.